The number of H-pyrrole nitrogens is 1. The first-order valence-electron chi connectivity index (χ1n) is 6.64. The van der Waals surface area contributed by atoms with Gasteiger partial charge < -0.3 is 10.0 Å². The number of carboxylic acids is 1. The number of carbonyl (C=O) groups excluding carboxylic acids is 1. The molecule has 1 unspecified atom stereocenters. The van der Waals surface area contributed by atoms with E-state index in [-0.39, 0.29) is 5.91 Å². The average Bonchev–Trinajstić information content (AvgIpc) is 2.93. The predicted octanol–water partition coefficient (Wildman–Crippen LogP) is 1.64. The monoisotopic (exact) mass is 273 g/mol. The highest BCUT2D eigenvalue weighted by Gasteiger charge is 2.32. The van der Waals surface area contributed by atoms with Crippen molar-refractivity contribution in [2.24, 2.45) is 0 Å². The largest absolute Gasteiger partial charge is 0.480 e. The Balaban J connectivity index is 1.91. The molecule has 0 radical (unpaired) electrons. The number of piperidine rings is 1. The molecule has 1 aliphatic heterocycles. The molecule has 0 spiro atoms. The second kappa shape index (κ2) is 4.96. The Labute approximate surface area is 115 Å². The van der Waals surface area contributed by atoms with E-state index in [1.165, 1.54) is 4.90 Å². The van der Waals surface area contributed by atoms with Gasteiger partial charge in [-0.15, -0.1) is 0 Å². The van der Waals surface area contributed by atoms with Crippen molar-refractivity contribution in [3.63, 3.8) is 0 Å². The zero-order valence-electron chi connectivity index (χ0n) is 10.9. The molecule has 0 aliphatic carbocycles. The fourth-order valence-electron chi connectivity index (χ4n) is 2.67. The molecule has 6 nitrogen and oxygen atoms in total. The van der Waals surface area contributed by atoms with Gasteiger partial charge in [-0.2, -0.15) is 5.10 Å². The summed E-state index contributed by atoms with van der Waals surface area (Å²) in [5, 5.41) is 16.8. The van der Waals surface area contributed by atoms with Gasteiger partial charge in [0.2, 0.25) is 0 Å². The molecule has 0 saturated carbocycles. The Morgan fingerprint density at radius 1 is 1.35 bits per heavy atom. The van der Waals surface area contributed by atoms with Gasteiger partial charge in [-0.1, -0.05) is 0 Å². The molecule has 20 heavy (non-hydrogen) atoms. The molecule has 6 heteroatoms. The van der Waals surface area contributed by atoms with Crippen LogP contribution < -0.4 is 0 Å². The van der Waals surface area contributed by atoms with E-state index in [0.717, 1.165) is 23.7 Å². The zero-order chi connectivity index (χ0) is 14.1. The Bertz CT molecular complexity index is 664. The fourth-order valence-corrected chi connectivity index (χ4v) is 2.67. The topological polar surface area (TPSA) is 86.3 Å². The van der Waals surface area contributed by atoms with Gasteiger partial charge in [0, 0.05) is 17.5 Å². The molecule has 3 rings (SSSR count). The summed E-state index contributed by atoms with van der Waals surface area (Å²) in [6, 6.07) is 4.52. The van der Waals surface area contributed by atoms with Gasteiger partial charge in [-0.05, 0) is 37.5 Å². The number of aromatic nitrogens is 2. The molecule has 2 N–H and O–H groups in total. The van der Waals surface area contributed by atoms with Crippen LogP contribution in [-0.4, -0.2) is 44.7 Å². The number of hydrogen-bond acceptors (Lipinski definition) is 3. The van der Waals surface area contributed by atoms with Crippen LogP contribution in [0.5, 0.6) is 0 Å². The predicted molar refractivity (Wildman–Crippen MR) is 72.4 cm³/mol. The Kier molecular flexibility index (Phi) is 3.14. The highest BCUT2D eigenvalue weighted by Crippen LogP contribution is 2.21. The third-order valence-electron chi connectivity index (χ3n) is 3.74. The second-order valence-corrected chi connectivity index (χ2v) is 5.02. The normalized spacial score (nSPS) is 19.2. The van der Waals surface area contributed by atoms with Crippen LogP contribution in [0.4, 0.5) is 0 Å². The molecular weight excluding hydrogens is 258 g/mol. The number of hydrogen-bond donors (Lipinski definition) is 2. The number of benzene rings is 1. The van der Waals surface area contributed by atoms with Gasteiger partial charge in [0.25, 0.3) is 5.91 Å². The molecule has 1 fully saturated rings. The lowest BCUT2D eigenvalue weighted by Gasteiger charge is -2.33. The van der Waals surface area contributed by atoms with Crippen molar-refractivity contribution in [3.05, 3.63) is 30.0 Å². The van der Waals surface area contributed by atoms with Crippen LogP contribution in [0.15, 0.2) is 24.4 Å². The van der Waals surface area contributed by atoms with Crippen LogP contribution in [0.2, 0.25) is 0 Å². The van der Waals surface area contributed by atoms with E-state index < -0.39 is 12.0 Å². The number of aliphatic carboxylic acids is 1. The maximum absolute atomic E-state index is 12.5. The van der Waals surface area contributed by atoms with Gasteiger partial charge in [-0.3, -0.25) is 9.89 Å². The number of aromatic amines is 1. The molecule has 1 aromatic heterocycles. The van der Waals surface area contributed by atoms with Gasteiger partial charge in [0.15, 0.2) is 0 Å². The quantitative estimate of drug-likeness (QED) is 0.871. The minimum atomic E-state index is -0.928. The van der Waals surface area contributed by atoms with E-state index in [9.17, 15) is 14.7 Å². The number of carbonyl (C=O) groups is 2. The maximum atomic E-state index is 12.5. The summed E-state index contributed by atoms with van der Waals surface area (Å²) >= 11 is 0. The molecule has 1 aromatic carbocycles. The first kappa shape index (κ1) is 12.7. The summed E-state index contributed by atoms with van der Waals surface area (Å²) in [6.45, 7) is 0.499. The SMILES string of the molecule is O=C(O)C1CCCCN1C(=O)c1ccc2[nH]ncc2c1. The smallest absolute Gasteiger partial charge is 0.326 e. The Morgan fingerprint density at radius 2 is 2.20 bits per heavy atom. The molecule has 2 aromatic rings. The third-order valence-corrected chi connectivity index (χ3v) is 3.74. The molecule has 1 aliphatic rings. The number of nitrogens with one attached hydrogen (secondary N) is 1. The van der Waals surface area contributed by atoms with Crippen LogP contribution in [0.3, 0.4) is 0 Å². The molecule has 104 valence electrons. The summed E-state index contributed by atoms with van der Waals surface area (Å²) < 4.78 is 0. The van der Waals surface area contributed by atoms with E-state index >= 15 is 0 Å². The van der Waals surface area contributed by atoms with Crippen molar-refractivity contribution in [1.29, 1.82) is 0 Å². The molecule has 2 heterocycles. The molecule has 1 saturated heterocycles. The van der Waals surface area contributed by atoms with Crippen molar-refractivity contribution in [2.75, 3.05) is 6.54 Å². The summed E-state index contributed by atoms with van der Waals surface area (Å²) in [6.07, 6.45) is 3.87. The van der Waals surface area contributed by atoms with E-state index in [2.05, 4.69) is 10.2 Å². The standard InChI is InChI=1S/C14H15N3O3/c18-13(17-6-2-1-3-12(17)14(19)20)9-4-5-11-10(7-9)8-15-16-11/h4-5,7-8,12H,1-3,6H2,(H,15,16)(H,19,20). The van der Waals surface area contributed by atoms with E-state index in [0.29, 0.717) is 18.5 Å². The minimum Gasteiger partial charge on any atom is -0.480 e. The Hall–Kier alpha value is -2.37. The maximum Gasteiger partial charge on any atom is 0.326 e. The summed E-state index contributed by atoms with van der Waals surface area (Å²) in [7, 11) is 0. The van der Waals surface area contributed by atoms with Gasteiger partial charge in [0.1, 0.15) is 6.04 Å². The molecule has 1 amide bonds. The van der Waals surface area contributed by atoms with Gasteiger partial charge in [-0.25, -0.2) is 4.79 Å². The summed E-state index contributed by atoms with van der Waals surface area (Å²) in [5.41, 5.74) is 1.36. The number of fused-ring (bicyclic) bond motifs is 1. The highest BCUT2D eigenvalue weighted by atomic mass is 16.4. The summed E-state index contributed by atoms with van der Waals surface area (Å²) in [5.74, 6) is -1.15. The molecular formula is C14H15N3O3. The van der Waals surface area contributed by atoms with Crippen LogP contribution in [0.25, 0.3) is 10.9 Å². The van der Waals surface area contributed by atoms with E-state index in [4.69, 9.17) is 0 Å². The lowest BCUT2D eigenvalue weighted by atomic mass is 10.0. The molecule has 0 bridgehead atoms. The van der Waals surface area contributed by atoms with E-state index in [1.807, 2.05) is 0 Å². The van der Waals surface area contributed by atoms with Crippen LogP contribution in [0, 0.1) is 0 Å². The molecule has 1 atom stereocenters. The highest BCUT2D eigenvalue weighted by molar-refractivity contribution is 5.99. The van der Waals surface area contributed by atoms with Crippen LogP contribution in [-0.2, 0) is 4.79 Å². The number of amides is 1. The average molecular weight is 273 g/mol. The second-order valence-electron chi connectivity index (χ2n) is 5.02. The van der Waals surface area contributed by atoms with Crippen molar-refractivity contribution in [3.8, 4) is 0 Å². The lowest BCUT2D eigenvalue weighted by molar-refractivity contribution is -0.143. The number of carboxylic acid groups (broad SMARTS) is 1. The first-order chi connectivity index (χ1) is 9.66. The summed E-state index contributed by atoms with van der Waals surface area (Å²) in [4.78, 5) is 25.2. The van der Waals surface area contributed by atoms with Gasteiger partial charge >= 0.3 is 5.97 Å². The first-order valence-corrected chi connectivity index (χ1v) is 6.64. The van der Waals surface area contributed by atoms with Gasteiger partial charge in [0.05, 0.1) is 11.7 Å². The van der Waals surface area contributed by atoms with Crippen molar-refractivity contribution >= 4 is 22.8 Å². The fraction of sp³-hybridized carbons (Fsp3) is 0.357. The lowest BCUT2D eigenvalue weighted by Crippen LogP contribution is -2.47. The van der Waals surface area contributed by atoms with Crippen LogP contribution in [0.1, 0.15) is 29.6 Å². The Morgan fingerprint density at radius 3 is 3.00 bits per heavy atom. The zero-order valence-corrected chi connectivity index (χ0v) is 10.9. The number of rotatable bonds is 2. The number of likely N-dealkylation sites (tertiary alicyclic amines) is 1. The number of nitrogens with zero attached hydrogens (tertiary/aromatic N) is 2. The van der Waals surface area contributed by atoms with Crippen molar-refractivity contribution in [1.82, 2.24) is 15.1 Å². The van der Waals surface area contributed by atoms with Crippen molar-refractivity contribution < 1.29 is 14.7 Å². The van der Waals surface area contributed by atoms with Crippen LogP contribution >= 0.6 is 0 Å². The third kappa shape index (κ3) is 2.13. The van der Waals surface area contributed by atoms with E-state index in [1.54, 1.807) is 24.4 Å². The minimum absolute atomic E-state index is 0.222. The van der Waals surface area contributed by atoms with Crippen molar-refractivity contribution in [2.45, 2.75) is 25.3 Å².